The van der Waals surface area contributed by atoms with E-state index in [2.05, 4.69) is 10.6 Å². The van der Waals surface area contributed by atoms with Gasteiger partial charge in [0, 0.05) is 18.5 Å². The highest BCUT2D eigenvalue weighted by atomic mass is 16.5. The minimum absolute atomic E-state index is 0.338. The Kier molecular flexibility index (Phi) is 7.79. The molecule has 6 N–H and O–H groups in total. The van der Waals surface area contributed by atoms with Gasteiger partial charge < -0.3 is 25.8 Å². The van der Waals surface area contributed by atoms with Crippen molar-refractivity contribution in [1.29, 1.82) is 0 Å². The summed E-state index contributed by atoms with van der Waals surface area (Å²) in [6.07, 6.45) is 5.22. The SMILES string of the molecule is NCCOCCOCCC1(N)N=C(c2ccccc2)NC(=NC2CCCC2)N1. The Bertz CT molecular complexity index is 660. The second kappa shape index (κ2) is 10.5. The first-order valence-electron chi connectivity index (χ1n) is 10.1. The van der Waals surface area contributed by atoms with E-state index < -0.39 is 5.79 Å². The molecule has 1 aromatic carbocycles. The van der Waals surface area contributed by atoms with Crippen LogP contribution >= 0.6 is 0 Å². The van der Waals surface area contributed by atoms with Crippen molar-refractivity contribution in [3.8, 4) is 0 Å². The first-order valence-corrected chi connectivity index (χ1v) is 10.1. The van der Waals surface area contributed by atoms with E-state index in [0.29, 0.717) is 51.4 Å². The quantitative estimate of drug-likeness (QED) is 0.443. The highest BCUT2D eigenvalue weighted by molar-refractivity contribution is 6.10. The van der Waals surface area contributed by atoms with E-state index in [1.54, 1.807) is 0 Å². The number of nitrogens with zero attached hydrogens (tertiary/aromatic N) is 2. The van der Waals surface area contributed by atoms with Gasteiger partial charge in [0.1, 0.15) is 5.84 Å². The number of benzene rings is 1. The fourth-order valence-corrected chi connectivity index (χ4v) is 3.37. The van der Waals surface area contributed by atoms with Crippen molar-refractivity contribution in [3.63, 3.8) is 0 Å². The molecule has 0 spiro atoms. The zero-order valence-corrected chi connectivity index (χ0v) is 16.4. The second-order valence-corrected chi connectivity index (χ2v) is 7.18. The Morgan fingerprint density at radius 3 is 2.50 bits per heavy atom. The van der Waals surface area contributed by atoms with Gasteiger partial charge in [-0.15, -0.1) is 0 Å². The summed E-state index contributed by atoms with van der Waals surface area (Å²) in [5, 5.41) is 6.58. The molecule has 2 aliphatic rings. The smallest absolute Gasteiger partial charge is 0.200 e. The molecule has 1 heterocycles. The Labute approximate surface area is 166 Å². The highest BCUT2D eigenvalue weighted by Gasteiger charge is 2.31. The lowest BCUT2D eigenvalue weighted by molar-refractivity contribution is 0.0430. The van der Waals surface area contributed by atoms with E-state index in [0.717, 1.165) is 24.2 Å². The normalized spacial score (nSPS) is 24.1. The van der Waals surface area contributed by atoms with Crippen LogP contribution in [0.5, 0.6) is 0 Å². The molecule has 8 heteroatoms. The van der Waals surface area contributed by atoms with Crippen molar-refractivity contribution < 1.29 is 9.47 Å². The summed E-state index contributed by atoms with van der Waals surface area (Å²) >= 11 is 0. The number of guanidine groups is 1. The zero-order valence-electron chi connectivity index (χ0n) is 16.4. The van der Waals surface area contributed by atoms with Crippen LogP contribution in [0.1, 0.15) is 37.7 Å². The highest BCUT2D eigenvalue weighted by Crippen LogP contribution is 2.21. The number of rotatable bonds is 10. The molecule has 1 unspecified atom stereocenters. The van der Waals surface area contributed by atoms with E-state index in [9.17, 15) is 0 Å². The number of aliphatic imine (C=N–C) groups is 2. The predicted octanol–water partition coefficient (Wildman–Crippen LogP) is 0.919. The summed E-state index contributed by atoms with van der Waals surface area (Å²) in [4.78, 5) is 9.56. The third-order valence-electron chi connectivity index (χ3n) is 4.83. The van der Waals surface area contributed by atoms with E-state index in [-0.39, 0.29) is 0 Å². The Morgan fingerprint density at radius 2 is 1.79 bits per heavy atom. The molecular formula is C20H32N6O2. The molecule has 1 aliphatic heterocycles. The predicted molar refractivity (Wildman–Crippen MR) is 111 cm³/mol. The minimum Gasteiger partial charge on any atom is -0.379 e. The van der Waals surface area contributed by atoms with Gasteiger partial charge in [-0.1, -0.05) is 43.2 Å². The molecule has 154 valence electrons. The standard InChI is InChI=1S/C20H32N6O2/c21-11-13-28-15-14-27-12-10-20(22)25-18(16-6-2-1-3-7-16)24-19(26-20)23-17-8-4-5-9-17/h1-3,6-7,17H,4-5,8-15,21-22H2,(H2,23,24,25,26). The van der Waals surface area contributed by atoms with E-state index in [4.69, 9.17) is 30.9 Å². The largest absolute Gasteiger partial charge is 0.379 e. The van der Waals surface area contributed by atoms with Crippen LogP contribution in [0.4, 0.5) is 0 Å². The Balaban J connectivity index is 1.64. The van der Waals surface area contributed by atoms with Gasteiger partial charge in [-0.05, 0) is 12.8 Å². The molecule has 0 bridgehead atoms. The van der Waals surface area contributed by atoms with Gasteiger partial charge in [-0.2, -0.15) is 0 Å². The molecule has 8 nitrogen and oxygen atoms in total. The fourth-order valence-electron chi connectivity index (χ4n) is 3.37. The van der Waals surface area contributed by atoms with Crippen LogP contribution in [0, 0.1) is 0 Å². The number of nitrogens with one attached hydrogen (secondary N) is 2. The maximum atomic E-state index is 6.57. The Hall–Kier alpha value is -2.00. The lowest BCUT2D eigenvalue weighted by atomic mass is 10.1. The lowest BCUT2D eigenvalue weighted by Crippen LogP contribution is -2.64. The maximum absolute atomic E-state index is 6.57. The third-order valence-corrected chi connectivity index (χ3v) is 4.83. The van der Waals surface area contributed by atoms with E-state index in [1.165, 1.54) is 12.8 Å². The Morgan fingerprint density at radius 1 is 1.07 bits per heavy atom. The molecule has 0 radical (unpaired) electrons. The number of nitrogens with two attached hydrogens (primary N) is 2. The molecule has 0 saturated heterocycles. The molecule has 0 aromatic heterocycles. The van der Waals surface area contributed by atoms with Gasteiger partial charge in [0.25, 0.3) is 0 Å². The summed E-state index contributed by atoms with van der Waals surface area (Å²) in [5.41, 5.74) is 12.9. The van der Waals surface area contributed by atoms with Gasteiger partial charge in [-0.25, -0.2) is 9.98 Å². The van der Waals surface area contributed by atoms with Crippen LogP contribution in [-0.2, 0) is 9.47 Å². The third kappa shape index (κ3) is 6.27. The molecule has 1 atom stereocenters. The van der Waals surface area contributed by atoms with Crippen LogP contribution in [0.15, 0.2) is 40.3 Å². The summed E-state index contributed by atoms with van der Waals surface area (Å²) in [7, 11) is 0. The molecule has 0 amide bonds. The molecule has 1 aliphatic carbocycles. The van der Waals surface area contributed by atoms with Crippen LogP contribution < -0.4 is 22.1 Å². The monoisotopic (exact) mass is 388 g/mol. The topological polar surface area (TPSA) is 119 Å². The molecule has 1 saturated carbocycles. The van der Waals surface area contributed by atoms with Gasteiger partial charge in [0.15, 0.2) is 11.7 Å². The van der Waals surface area contributed by atoms with Crippen molar-refractivity contribution in [2.45, 2.75) is 43.9 Å². The van der Waals surface area contributed by atoms with Crippen LogP contribution in [0.2, 0.25) is 0 Å². The van der Waals surface area contributed by atoms with Crippen molar-refractivity contribution >= 4 is 11.8 Å². The maximum Gasteiger partial charge on any atom is 0.200 e. The summed E-state index contributed by atoms with van der Waals surface area (Å²) in [6, 6.07) is 10.3. The second-order valence-electron chi connectivity index (χ2n) is 7.18. The van der Waals surface area contributed by atoms with E-state index >= 15 is 0 Å². The number of hydrogen-bond acceptors (Lipinski definition) is 6. The van der Waals surface area contributed by atoms with Crippen LogP contribution in [-0.4, -0.2) is 56.6 Å². The van der Waals surface area contributed by atoms with Gasteiger partial charge >= 0.3 is 0 Å². The fraction of sp³-hybridized carbons (Fsp3) is 0.600. The molecule has 28 heavy (non-hydrogen) atoms. The van der Waals surface area contributed by atoms with Crippen molar-refractivity contribution in [3.05, 3.63) is 35.9 Å². The van der Waals surface area contributed by atoms with Gasteiger partial charge in [0.2, 0.25) is 0 Å². The van der Waals surface area contributed by atoms with Gasteiger partial charge in [-0.3, -0.25) is 5.73 Å². The minimum atomic E-state index is -0.966. The number of ether oxygens (including phenoxy) is 2. The van der Waals surface area contributed by atoms with Crippen molar-refractivity contribution in [2.75, 3.05) is 33.0 Å². The average molecular weight is 389 g/mol. The van der Waals surface area contributed by atoms with E-state index in [1.807, 2.05) is 30.3 Å². The summed E-state index contributed by atoms with van der Waals surface area (Å²) in [5.74, 6) is 0.450. The molecule has 1 aromatic rings. The van der Waals surface area contributed by atoms with Crippen molar-refractivity contribution in [1.82, 2.24) is 10.6 Å². The van der Waals surface area contributed by atoms with Gasteiger partial charge in [0.05, 0.1) is 32.5 Å². The van der Waals surface area contributed by atoms with Crippen LogP contribution in [0.25, 0.3) is 0 Å². The zero-order chi connectivity index (χ0) is 19.7. The number of amidine groups is 1. The van der Waals surface area contributed by atoms with Crippen LogP contribution in [0.3, 0.4) is 0 Å². The first kappa shape index (κ1) is 20.7. The summed E-state index contributed by atoms with van der Waals surface area (Å²) in [6.45, 7) is 2.56. The number of hydrogen-bond donors (Lipinski definition) is 4. The lowest BCUT2D eigenvalue weighted by Gasteiger charge is -2.34. The molecular weight excluding hydrogens is 356 g/mol. The van der Waals surface area contributed by atoms with Crippen molar-refractivity contribution in [2.24, 2.45) is 21.5 Å². The summed E-state index contributed by atoms with van der Waals surface area (Å²) < 4.78 is 11.0. The average Bonchev–Trinajstić information content (AvgIpc) is 3.20. The first-order chi connectivity index (χ1) is 13.7. The molecule has 3 rings (SSSR count). The molecule has 1 fully saturated rings.